The van der Waals surface area contributed by atoms with Crippen LogP contribution in [0.1, 0.15) is 31.2 Å². The van der Waals surface area contributed by atoms with E-state index in [4.69, 9.17) is 0 Å². The third kappa shape index (κ3) is 3.03. The number of aryl methyl sites for hydroxylation is 1. The van der Waals surface area contributed by atoms with Gasteiger partial charge in [-0.3, -0.25) is 9.48 Å². The average molecular weight is 276 g/mol. The molecule has 0 radical (unpaired) electrons. The normalized spacial score (nSPS) is 24.2. The van der Waals surface area contributed by atoms with Gasteiger partial charge < -0.3 is 10.2 Å². The largest absolute Gasteiger partial charge is 0.341 e. The number of piperidine rings is 1. The van der Waals surface area contributed by atoms with Crippen LogP contribution in [0.3, 0.4) is 0 Å². The van der Waals surface area contributed by atoms with Crippen LogP contribution in [0.2, 0.25) is 0 Å². The van der Waals surface area contributed by atoms with Gasteiger partial charge in [0.05, 0.1) is 12.2 Å². The molecule has 3 rings (SSSR count). The fourth-order valence-electron chi connectivity index (χ4n) is 3.28. The van der Waals surface area contributed by atoms with Crippen LogP contribution in [-0.4, -0.2) is 46.3 Å². The summed E-state index contributed by atoms with van der Waals surface area (Å²) in [4.78, 5) is 14.4. The minimum atomic E-state index is 0.0836. The van der Waals surface area contributed by atoms with Crippen molar-refractivity contribution < 1.29 is 4.79 Å². The Bertz CT molecular complexity index is 456. The van der Waals surface area contributed by atoms with E-state index in [-0.39, 0.29) is 6.04 Å². The van der Waals surface area contributed by atoms with E-state index < -0.39 is 0 Å². The molecule has 1 aromatic rings. The van der Waals surface area contributed by atoms with Gasteiger partial charge in [-0.15, -0.1) is 0 Å². The van der Waals surface area contributed by atoms with Gasteiger partial charge in [-0.1, -0.05) is 0 Å². The van der Waals surface area contributed by atoms with Crippen LogP contribution in [0.15, 0.2) is 12.4 Å². The van der Waals surface area contributed by atoms with Gasteiger partial charge in [-0.05, 0) is 50.6 Å². The molecule has 1 amide bonds. The standard InChI is InChI=1S/C15H24N4O/c1-12-9-17-19(10-12)11-13-4-7-18(8-5-13)15(20)14-3-2-6-16-14/h9-10,13-14,16H,2-8,11H2,1H3. The lowest BCUT2D eigenvalue weighted by molar-refractivity contribution is -0.134. The van der Waals surface area contributed by atoms with Crippen molar-refractivity contribution in [2.75, 3.05) is 19.6 Å². The molecule has 2 saturated heterocycles. The second-order valence-corrected chi connectivity index (χ2v) is 6.16. The molecule has 1 atom stereocenters. The molecular weight excluding hydrogens is 252 g/mol. The summed E-state index contributed by atoms with van der Waals surface area (Å²) in [5, 5.41) is 7.66. The van der Waals surface area contributed by atoms with E-state index in [1.165, 1.54) is 5.56 Å². The van der Waals surface area contributed by atoms with Crippen molar-refractivity contribution >= 4 is 5.91 Å². The van der Waals surface area contributed by atoms with Crippen LogP contribution in [0, 0.1) is 12.8 Å². The van der Waals surface area contributed by atoms with Crippen molar-refractivity contribution in [3.63, 3.8) is 0 Å². The molecule has 2 aliphatic rings. The molecule has 2 aliphatic heterocycles. The minimum Gasteiger partial charge on any atom is -0.341 e. The third-order valence-electron chi connectivity index (χ3n) is 4.49. The van der Waals surface area contributed by atoms with Crippen LogP contribution >= 0.6 is 0 Å². The summed E-state index contributed by atoms with van der Waals surface area (Å²) < 4.78 is 2.04. The summed E-state index contributed by atoms with van der Waals surface area (Å²) in [6.45, 7) is 5.85. The number of likely N-dealkylation sites (tertiary alicyclic amines) is 1. The molecule has 110 valence electrons. The first-order valence-electron chi connectivity index (χ1n) is 7.73. The fraction of sp³-hybridized carbons (Fsp3) is 0.733. The van der Waals surface area contributed by atoms with Crippen molar-refractivity contribution in [2.24, 2.45) is 5.92 Å². The highest BCUT2D eigenvalue weighted by atomic mass is 16.2. The topological polar surface area (TPSA) is 50.2 Å². The van der Waals surface area contributed by atoms with Crippen LogP contribution in [0.25, 0.3) is 0 Å². The van der Waals surface area contributed by atoms with Gasteiger partial charge in [-0.25, -0.2) is 0 Å². The fourth-order valence-corrected chi connectivity index (χ4v) is 3.28. The van der Waals surface area contributed by atoms with Gasteiger partial charge in [0, 0.05) is 25.8 Å². The lowest BCUT2D eigenvalue weighted by atomic mass is 9.96. The van der Waals surface area contributed by atoms with Crippen LogP contribution in [-0.2, 0) is 11.3 Å². The van der Waals surface area contributed by atoms with Gasteiger partial charge in [0.1, 0.15) is 0 Å². The van der Waals surface area contributed by atoms with Crippen LogP contribution < -0.4 is 5.32 Å². The quantitative estimate of drug-likeness (QED) is 0.902. The Morgan fingerprint density at radius 3 is 2.80 bits per heavy atom. The van der Waals surface area contributed by atoms with Gasteiger partial charge in [0.15, 0.2) is 0 Å². The van der Waals surface area contributed by atoms with E-state index >= 15 is 0 Å². The van der Waals surface area contributed by atoms with Crippen LogP contribution in [0.5, 0.6) is 0 Å². The SMILES string of the molecule is Cc1cnn(CC2CCN(C(=O)C3CCCN3)CC2)c1. The smallest absolute Gasteiger partial charge is 0.239 e. The molecular formula is C15H24N4O. The molecule has 1 aromatic heterocycles. The minimum absolute atomic E-state index is 0.0836. The summed E-state index contributed by atoms with van der Waals surface area (Å²) in [5.74, 6) is 0.964. The molecule has 0 spiro atoms. The molecule has 20 heavy (non-hydrogen) atoms. The summed E-state index contributed by atoms with van der Waals surface area (Å²) in [7, 11) is 0. The molecule has 0 bridgehead atoms. The predicted octanol–water partition coefficient (Wildman–Crippen LogP) is 1.18. The summed E-state index contributed by atoms with van der Waals surface area (Å²) in [6.07, 6.45) is 8.33. The number of carbonyl (C=O) groups excluding carboxylic acids is 1. The number of aromatic nitrogens is 2. The maximum absolute atomic E-state index is 12.3. The molecule has 0 saturated carbocycles. The maximum Gasteiger partial charge on any atom is 0.239 e. The number of carbonyl (C=O) groups is 1. The summed E-state index contributed by atoms with van der Waals surface area (Å²) in [5.41, 5.74) is 1.21. The van der Waals surface area contributed by atoms with Crippen LogP contribution in [0.4, 0.5) is 0 Å². The highest BCUT2D eigenvalue weighted by Crippen LogP contribution is 2.21. The lowest BCUT2D eigenvalue weighted by Gasteiger charge is -2.33. The molecule has 5 nitrogen and oxygen atoms in total. The monoisotopic (exact) mass is 276 g/mol. The first-order chi connectivity index (χ1) is 9.72. The third-order valence-corrected chi connectivity index (χ3v) is 4.49. The summed E-state index contributed by atoms with van der Waals surface area (Å²) in [6, 6.07) is 0.0836. The first-order valence-corrected chi connectivity index (χ1v) is 7.73. The van der Waals surface area contributed by atoms with E-state index in [9.17, 15) is 4.79 Å². The molecule has 1 unspecified atom stereocenters. The number of hydrogen-bond donors (Lipinski definition) is 1. The van der Waals surface area contributed by atoms with Crippen molar-refractivity contribution in [2.45, 2.75) is 45.2 Å². The van der Waals surface area contributed by atoms with Gasteiger partial charge in [-0.2, -0.15) is 5.10 Å². The zero-order valence-corrected chi connectivity index (χ0v) is 12.2. The Morgan fingerprint density at radius 2 is 2.20 bits per heavy atom. The zero-order chi connectivity index (χ0) is 13.9. The predicted molar refractivity (Wildman–Crippen MR) is 77.3 cm³/mol. The van der Waals surface area contributed by atoms with E-state index in [1.54, 1.807) is 0 Å². The Morgan fingerprint density at radius 1 is 1.40 bits per heavy atom. The Labute approximate surface area is 120 Å². The van der Waals surface area contributed by atoms with E-state index in [0.29, 0.717) is 11.8 Å². The number of nitrogens with zero attached hydrogens (tertiary/aromatic N) is 3. The molecule has 1 N–H and O–H groups in total. The number of rotatable bonds is 3. The first kappa shape index (κ1) is 13.6. The molecule has 0 aromatic carbocycles. The molecule has 0 aliphatic carbocycles. The molecule has 3 heterocycles. The Kier molecular flexibility index (Phi) is 4.05. The van der Waals surface area contributed by atoms with Gasteiger partial charge in [0.25, 0.3) is 0 Å². The Balaban J connectivity index is 1.48. The number of nitrogens with one attached hydrogen (secondary N) is 1. The second kappa shape index (κ2) is 5.95. The van der Waals surface area contributed by atoms with Crippen molar-refractivity contribution in [3.8, 4) is 0 Å². The number of amides is 1. The highest BCUT2D eigenvalue weighted by molar-refractivity contribution is 5.82. The van der Waals surface area contributed by atoms with Crippen molar-refractivity contribution in [3.05, 3.63) is 18.0 Å². The molecule has 5 heteroatoms. The maximum atomic E-state index is 12.3. The lowest BCUT2D eigenvalue weighted by Crippen LogP contribution is -2.47. The Hall–Kier alpha value is -1.36. The summed E-state index contributed by atoms with van der Waals surface area (Å²) >= 11 is 0. The van der Waals surface area contributed by atoms with Gasteiger partial charge >= 0.3 is 0 Å². The average Bonchev–Trinajstić information content (AvgIpc) is 3.11. The van der Waals surface area contributed by atoms with Crippen molar-refractivity contribution in [1.29, 1.82) is 0 Å². The molecule has 2 fully saturated rings. The van der Waals surface area contributed by atoms with E-state index in [2.05, 4.69) is 23.5 Å². The number of hydrogen-bond acceptors (Lipinski definition) is 3. The second-order valence-electron chi connectivity index (χ2n) is 6.16. The van der Waals surface area contributed by atoms with E-state index in [0.717, 1.165) is 51.9 Å². The highest BCUT2D eigenvalue weighted by Gasteiger charge is 2.29. The van der Waals surface area contributed by atoms with Gasteiger partial charge in [0.2, 0.25) is 5.91 Å². The van der Waals surface area contributed by atoms with Crippen molar-refractivity contribution in [1.82, 2.24) is 20.0 Å². The van der Waals surface area contributed by atoms with E-state index in [1.807, 2.05) is 15.8 Å². The zero-order valence-electron chi connectivity index (χ0n) is 12.2.